The number of pyridine rings is 1. The summed E-state index contributed by atoms with van der Waals surface area (Å²) in [6.07, 6.45) is 0. The number of ether oxygens (including phenoxy) is 1. The lowest BCUT2D eigenvalue weighted by Gasteiger charge is -2.15. The predicted molar refractivity (Wildman–Crippen MR) is 101 cm³/mol. The first-order chi connectivity index (χ1) is 11.5. The van der Waals surface area contributed by atoms with Gasteiger partial charge in [-0.25, -0.2) is 4.98 Å². The Hall–Kier alpha value is -2.36. The molecule has 0 aliphatic rings. The fourth-order valence-electron chi connectivity index (χ4n) is 2.64. The maximum absolute atomic E-state index is 9.61. The summed E-state index contributed by atoms with van der Waals surface area (Å²) in [4.78, 5) is 5.35. The monoisotopic (exact) mass is 399 g/mol. The topological polar surface area (TPSA) is 71.9 Å². The molecule has 0 unspecified atom stereocenters. The van der Waals surface area contributed by atoms with Gasteiger partial charge in [-0.15, -0.1) is 11.3 Å². The van der Waals surface area contributed by atoms with Crippen molar-refractivity contribution in [2.75, 3.05) is 12.8 Å². The first-order valence-corrected chi connectivity index (χ1v) is 8.81. The highest BCUT2D eigenvalue weighted by Crippen LogP contribution is 2.42. The van der Waals surface area contributed by atoms with Crippen LogP contribution in [-0.4, -0.2) is 12.1 Å². The van der Waals surface area contributed by atoms with Crippen molar-refractivity contribution in [2.24, 2.45) is 0 Å². The average molecular weight is 400 g/mol. The molecule has 120 valence electrons. The molecule has 0 aliphatic heterocycles. The molecule has 0 saturated heterocycles. The van der Waals surface area contributed by atoms with Crippen molar-refractivity contribution in [1.29, 1.82) is 5.26 Å². The van der Waals surface area contributed by atoms with Crippen LogP contribution >= 0.6 is 27.3 Å². The quantitative estimate of drug-likeness (QED) is 0.671. The first-order valence-electron chi connectivity index (χ1n) is 7.14. The molecule has 0 atom stereocenters. The van der Waals surface area contributed by atoms with E-state index in [1.54, 1.807) is 18.4 Å². The summed E-state index contributed by atoms with van der Waals surface area (Å²) in [6, 6.07) is 11.9. The van der Waals surface area contributed by atoms with Gasteiger partial charge in [0.25, 0.3) is 0 Å². The van der Waals surface area contributed by atoms with Crippen molar-refractivity contribution in [3.8, 4) is 33.4 Å². The van der Waals surface area contributed by atoms with Gasteiger partial charge in [0.1, 0.15) is 23.2 Å². The zero-order valence-electron chi connectivity index (χ0n) is 13.1. The van der Waals surface area contributed by atoms with E-state index in [4.69, 9.17) is 10.5 Å². The van der Waals surface area contributed by atoms with Crippen LogP contribution in [0.1, 0.15) is 11.3 Å². The maximum Gasteiger partial charge on any atom is 0.142 e. The minimum atomic E-state index is 0.256. The van der Waals surface area contributed by atoms with Gasteiger partial charge < -0.3 is 10.5 Å². The molecular formula is C18H14BrN3OS. The highest BCUT2D eigenvalue weighted by molar-refractivity contribution is 9.10. The smallest absolute Gasteiger partial charge is 0.142 e. The molecule has 3 rings (SSSR count). The van der Waals surface area contributed by atoms with Gasteiger partial charge in [-0.3, -0.25) is 0 Å². The third kappa shape index (κ3) is 2.88. The zero-order chi connectivity index (χ0) is 17.3. The molecule has 0 aliphatic carbocycles. The van der Waals surface area contributed by atoms with Crippen LogP contribution in [0.3, 0.4) is 0 Å². The normalized spacial score (nSPS) is 10.4. The van der Waals surface area contributed by atoms with E-state index in [2.05, 4.69) is 27.0 Å². The van der Waals surface area contributed by atoms with Gasteiger partial charge in [0.15, 0.2) is 0 Å². The standard InChI is InChI=1S/C18H14BrN3OS/c1-10-16(11-3-5-13(23-2)6-4-11)17(14(8-20)18(21)22-10)15-7-12(19)9-24-15/h3-7,9H,1-2H3,(H2,21,22). The number of hydrogen-bond acceptors (Lipinski definition) is 5. The summed E-state index contributed by atoms with van der Waals surface area (Å²) in [5, 5.41) is 11.6. The van der Waals surface area contributed by atoms with Crippen LogP contribution in [0.15, 0.2) is 40.2 Å². The van der Waals surface area contributed by atoms with E-state index in [1.807, 2.05) is 42.6 Å². The van der Waals surface area contributed by atoms with Crippen molar-refractivity contribution in [3.63, 3.8) is 0 Å². The van der Waals surface area contributed by atoms with Gasteiger partial charge in [0, 0.05) is 31.6 Å². The predicted octanol–water partition coefficient (Wildman–Crippen LogP) is 5.01. The van der Waals surface area contributed by atoms with E-state index >= 15 is 0 Å². The van der Waals surface area contributed by atoms with Crippen LogP contribution in [0.2, 0.25) is 0 Å². The van der Waals surface area contributed by atoms with Crippen molar-refractivity contribution in [3.05, 3.63) is 51.4 Å². The third-order valence-corrected chi connectivity index (χ3v) is 5.42. The number of halogens is 1. The molecule has 0 fully saturated rings. The molecule has 2 N–H and O–H groups in total. The van der Waals surface area contributed by atoms with Gasteiger partial charge in [0.05, 0.1) is 7.11 Å². The van der Waals surface area contributed by atoms with Crippen LogP contribution in [-0.2, 0) is 0 Å². The number of aromatic nitrogens is 1. The minimum absolute atomic E-state index is 0.256. The van der Waals surface area contributed by atoms with Gasteiger partial charge in [-0.05, 0) is 46.6 Å². The lowest BCUT2D eigenvalue weighted by molar-refractivity contribution is 0.415. The Balaban J connectivity index is 2.33. The highest BCUT2D eigenvalue weighted by atomic mass is 79.9. The van der Waals surface area contributed by atoms with Crippen molar-refractivity contribution in [2.45, 2.75) is 6.92 Å². The number of hydrogen-bond donors (Lipinski definition) is 1. The van der Waals surface area contributed by atoms with Crippen LogP contribution in [0.25, 0.3) is 21.6 Å². The minimum Gasteiger partial charge on any atom is -0.497 e. The number of nitrogen functional groups attached to an aromatic ring is 1. The van der Waals surface area contributed by atoms with E-state index in [1.165, 1.54) is 0 Å². The van der Waals surface area contributed by atoms with Crippen LogP contribution in [0.5, 0.6) is 5.75 Å². The van der Waals surface area contributed by atoms with Crippen LogP contribution < -0.4 is 10.5 Å². The second-order valence-corrected chi connectivity index (χ2v) is 7.00. The number of aryl methyl sites for hydroxylation is 1. The summed E-state index contributed by atoms with van der Waals surface area (Å²) in [6.45, 7) is 1.91. The SMILES string of the molecule is COc1ccc(-c2c(C)nc(N)c(C#N)c2-c2cc(Br)cs2)cc1. The van der Waals surface area contributed by atoms with Gasteiger partial charge in [-0.2, -0.15) is 5.26 Å². The van der Waals surface area contributed by atoms with Gasteiger partial charge >= 0.3 is 0 Å². The molecule has 24 heavy (non-hydrogen) atoms. The lowest BCUT2D eigenvalue weighted by atomic mass is 9.94. The van der Waals surface area contributed by atoms with E-state index in [0.29, 0.717) is 5.56 Å². The molecule has 0 radical (unpaired) electrons. The van der Waals surface area contributed by atoms with Crippen LogP contribution in [0, 0.1) is 18.3 Å². The van der Waals surface area contributed by atoms with Gasteiger partial charge in [0.2, 0.25) is 0 Å². The molecule has 0 spiro atoms. The van der Waals surface area contributed by atoms with Crippen molar-refractivity contribution < 1.29 is 4.74 Å². The summed E-state index contributed by atoms with van der Waals surface area (Å²) in [5.74, 6) is 1.03. The fraction of sp³-hybridized carbons (Fsp3) is 0.111. The highest BCUT2D eigenvalue weighted by Gasteiger charge is 2.20. The Morgan fingerprint density at radius 2 is 1.96 bits per heavy atom. The number of nitrogens with zero attached hydrogens (tertiary/aromatic N) is 2. The zero-order valence-corrected chi connectivity index (χ0v) is 15.5. The first kappa shape index (κ1) is 16.5. The molecule has 3 aromatic rings. The van der Waals surface area contributed by atoms with Crippen LogP contribution in [0.4, 0.5) is 5.82 Å². The summed E-state index contributed by atoms with van der Waals surface area (Å²) in [7, 11) is 1.63. The fourth-order valence-corrected chi connectivity index (χ4v) is 4.13. The number of nitrogens with two attached hydrogens (primary N) is 1. The van der Waals surface area contributed by atoms with Gasteiger partial charge in [-0.1, -0.05) is 12.1 Å². The molecular weight excluding hydrogens is 386 g/mol. The van der Waals surface area contributed by atoms with E-state index < -0.39 is 0 Å². The molecule has 2 heterocycles. The third-order valence-electron chi connectivity index (χ3n) is 3.71. The second kappa shape index (κ2) is 6.63. The van der Waals surface area contributed by atoms with E-state index in [0.717, 1.165) is 37.5 Å². The number of benzene rings is 1. The Morgan fingerprint density at radius 3 is 2.50 bits per heavy atom. The van der Waals surface area contributed by atoms with Crippen molar-refractivity contribution >= 4 is 33.1 Å². The molecule has 0 bridgehead atoms. The van der Waals surface area contributed by atoms with Crippen molar-refractivity contribution in [1.82, 2.24) is 4.98 Å². The molecule has 1 aromatic carbocycles. The number of anilines is 1. The Morgan fingerprint density at radius 1 is 1.25 bits per heavy atom. The molecule has 6 heteroatoms. The molecule has 0 saturated carbocycles. The summed E-state index contributed by atoms with van der Waals surface area (Å²) in [5.41, 5.74) is 9.91. The maximum atomic E-state index is 9.61. The Kier molecular flexibility index (Phi) is 4.56. The molecule has 0 amide bonds. The Bertz CT molecular complexity index is 942. The molecule has 4 nitrogen and oxygen atoms in total. The number of rotatable bonds is 3. The average Bonchev–Trinajstić information content (AvgIpc) is 3.00. The van der Waals surface area contributed by atoms with E-state index in [9.17, 15) is 5.26 Å². The summed E-state index contributed by atoms with van der Waals surface area (Å²) < 4.78 is 6.20. The van der Waals surface area contributed by atoms with E-state index in [-0.39, 0.29) is 5.82 Å². The number of nitriles is 1. The number of methoxy groups -OCH3 is 1. The number of thiophene rings is 1. The Labute approximate surface area is 152 Å². The molecule has 2 aromatic heterocycles. The lowest BCUT2D eigenvalue weighted by Crippen LogP contribution is -2.02. The largest absolute Gasteiger partial charge is 0.497 e. The second-order valence-electron chi connectivity index (χ2n) is 5.18. The summed E-state index contributed by atoms with van der Waals surface area (Å²) >= 11 is 5.04.